The van der Waals surface area contributed by atoms with Crippen molar-refractivity contribution in [2.45, 2.75) is 25.8 Å². The van der Waals surface area contributed by atoms with Gasteiger partial charge in [-0.15, -0.1) is 21.8 Å². The number of hydrogen-bond acceptors (Lipinski definition) is 2. The Kier molecular flexibility index (Phi) is 6.57. The predicted molar refractivity (Wildman–Crippen MR) is 97.6 cm³/mol. The molecule has 0 saturated heterocycles. The van der Waals surface area contributed by atoms with Crippen LogP contribution in [0.5, 0.6) is 11.5 Å². The van der Waals surface area contributed by atoms with Crippen LogP contribution < -0.4 is 4.74 Å². The molecule has 0 spiro atoms. The van der Waals surface area contributed by atoms with Gasteiger partial charge in [0.2, 0.25) is 0 Å². The van der Waals surface area contributed by atoms with Crippen molar-refractivity contribution in [3.05, 3.63) is 48.0 Å². The fraction of sp³-hybridized carbons (Fsp3) is 0.294. The summed E-state index contributed by atoms with van der Waals surface area (Å²) in [5.74, 6) is 1.24. The van der Waals surface area contributed by atoms with Crippen molar-refractivity contribution in [3.8, 4) is 22.6 Å². The van der Waals surface area contributed by atoms with Crippen LogP contribution in [-0.4, -0.2) is 18.7 Å². The highest BCUT2D eigenvalue weighted by atomic mass is 127. The first-order chi connectivity index (χ1) is 10.2. The van der Waals surface area contributed by atoms with Gasteiger partial charge in [0.05, 0.1) is 6.61 Å². The van der Waals surface area contributed by atoms with Gasteiger partial charge in [-0.3, -0.25) is 0 Å². The number of aryl methyl sites for hydroxylation is 1. The topological polar surface area (TPSA) is 29.5 Å². The summed E-state index contributed by atoms with van der Waals surface area (Å²) in [5.41, 5.74) is 3.59. The zero-order valence-electron chi connectivity index (χ0n) is 12.1. The van der Waals surface area contributed by atoms with Crippen molar-refractivity contribution in [1.82, 2.24) is 0 Å². The molecule has 0 heterocycles. The third-order valence-electron chi connectivity index (χ3n) is 3.28. The molecule has 0 aromatic heterocycles. The van der Waals surface area contributed by atoms with Gasteiger partial charge in [-0.2, -0.15) is 0 Å². The molecule has 2 radical (unpaired) electrons. The Bertz CT molecular complexity index is 570. The number of aromatic hydroxyl groups is 1. The summed E-state index contributed by atoms with van der Waals surface area (Å²) in [6.45, 7) is 2.67. The lowest BCUT2D eigenvalue weighted by Crippen LogP contribution is -1.93. The van der Waals surface area contributed by atoms with Crippen LogP contribution in [0.25, 0.3) is 11.1 Å². The van der Waals surface area contributed by atoms with Crippen LogP contribution in [0.1, 0.15) is 18.9 Å². The summed E-state index contributed by atoms with van der Waals surface area (Å²) in [4.78, 5) is 0. The predicted octanol–water partition coefficient (Wildman–Crippen LogP) is 4.86. The first kappa shape index (κ1) is 16.4. The third-order valence-corrected chi connectivity index (χ3v) is 5.44. The minimum atomic E-state index is 0.344. The number of ether oxygens (including phenoxy) is 1. The van der Waals surface area contributed by atoms with Gasteiger partial charge in [0.15, 0.2) is 0 Å². The zero-order chi connectivity index (χ0) is 15.1. The Morgan fingerprint density at radius 3 is 2.57 bits per heavy atom. The normalized spacial score (nSPS) is 10.6. The van der Waals surface area contributed by atoms with Crippen LogP contribution in [-0.2, 0) is 6.42 Å². The highest BCUT2D eigenvalue weighted by Gasteiger charge is 2.07. The molecule has 0 saturated carbocycles. The maximum absolute atomic E-state index is 9.74. The SMILES string of the molecule is CCOc1ccc(-c2ccc(O)cc2CCC[Si]I)cc1. The number of phenols is 1. The van der Waals surface area contributed by atoms with Gasteiger partial charge in [-0.25, -0.2) is 0 Å². The second-order valence-corrected chi connectivity index (χ2v) is 7.84. The molecule has 0 unspecified atom stereocenters. The number of rotatable bonds is 7. The van der Waals surface area contributed by atoms with Gasteiger partial charge >= 0.3 is 0 Å². The quantitative estimate of drug-likeness (QED) is 0.306. The lowest BCUT2D eigenvalue weighted by molar-refractivity contribution is 0.340. The Hall–Kier alpha value is -1.01. The van der Waals surface area contributed by atoms with E-state index in [-0.39, 0.29) is 0 Å². The fourth-order valence-electron chi connectivity index (χ4n) is 2.31. The lowest BCUT2D eigenvalue weighted by atomic mass is 9.96. The van der Waals surface area contributed by atoms with Gasteiger partial charge in [0, 0.05) is 0 Å². The van der Waals surface area contributed by atoms with E-state index < -0.39 is 0 Å². The van der Waals surface area contributed by atoms with Crippen molar-refractivity contribution in [2.75, 3.05) is 6.61 Å². The molecule has 21 heavy (non-hydrogen) atoms. The van der Waals surface area contributed by atoms with Crippen molar-refractivity contribution in [3.63, 3.8) is 0 Å². The van der Waals surface area contributed by atoms with E-state index in [0.29, 0.717) is 12.4 Å². The van der Waals surface area contributed by atoms with Crippen LogP contribution >= 0.6 is 21.8 Å². The maximum Gasteiger partial charge on any atom is 0.130 e. The molecule has 2 nitrogen and oxygen atoms in total. The van der Waals surface area contributed by atoms with Crippen molar-refractivity contribution in [2.24, 2.45) is 0 Å². The largest absolute Gasteiger partial charge is 0.508 e. The summed E-state index contributed by atoms with van der Waals surface area (Å²) in [5, 5.41) is 9.74. The zero-order valence-corrected chi connectivity index (χ0v) is 15.3. The molecule has 0 atom stereocenters. The number of phenolic OH excluding ortho intramolecular Hbond substituents is 1. The first-order valence-electron chi connectivity index (χ1n) is 7.13. The molecule has 110 valence electrons. The molecule has 0 bridgehead atoms. The van der Waals surface area contributed by atoms with E-state index in [1.54, 1.807) is 6.07 Å². The van der Waals surface area contributed by atoms with Gasteiger partial charge in [-0.1, -0.05) is 30.7 Å². The van der Waals surface area contributed by atoms with E-state index in [9.17, 15) is 5.11 Å². The molecule has 0 amide bonds. The van der Waals surface area contributed by atoms with E-state index in [0.717, 1.165) is 25.6 Å². The van der Waals surface area contributed by atoms with E-state index in [1.165, 1.54) is 22.7 Å². The van der Waals surface area contributed by atoms with E-state index in [1.807, 2.05) is 31.2 Å². The summed E-state index contributed by atoms with van der Waals surface area (Å²) in [7, 11) is 0.959. The third kappa shape index (κ3) is 4.74. The molecule has 0 aliphatic heterocycles. The summed E-state index contributed by atoms with van der Waals surface area (Å²) in [6, 6.07) is 15.1. The Balaban J connectivity index is 2.24. The average molecular weight is 410 g/mol. The smallest absolute Gasteiger partial charge is 0.130 e. The molecule has 2 aromatic carbocycles. The summed E-state index contributed by atoms with van der Waals surface area (Å²) < 4.78 is 5.49. The molecular weight excluding hydrogens is 391 g/mol. The molecule has 2 aromatic rings. The molecular formula is C17H19IO2Si. The molecule has 4 heteroatoms. The van der Waals surface area contributed by atoms with E-state index in [2.05, 4.69) is 33.9 Å². The second kappa shape index (κ2) is 8.43. The minimum absolute atomic E-state index is 0.344. The monoisotopic (exact) mass is 410 g/mol. The number of hydrogen-bond donors (Lipinski definition) is 1. The molecule has 1 N–H and O–H groups in total. The van der Waals surface area contributed by atoms with E-state index in [4.69, 9.17) is 4.74 Å². The Labute approximate surface area is 141 Å². The van der Waals surface area contributed by atoms with Gasteiger partial charge in [0.25, 0.3) is 0 Å². The fourth-order valence-corrected chi connectivity index (χ4v) is 3.77. The number of halogens is 1. The van der Waals surface area contributed by atoms with Crippen molar-refractivity contribution < 1.29 is 9.84 Å². The van der Waals surface area contributed by atoms with Crippen molar-refractivity contribution >= 4 is 28.8 Å². The number of benzene rings is 2. The molecule has 0 aliphatic rings. The minimum Gasteiger partial charge on any atom is -0.508 e. The highest BCUT2D eigenvalue weighted by Crippen LogP contribution is 2.29. The summed E-state index contributed by atoms with van der Waals surface area (Å²) in [6.07, 6.45) is 2.17. The van der Waals surface area contributed by atoms with Gasteiger partial charge < -0.3 is 9.84 Å². The Morgan fingerprint density at radius 2 is 1.90 bits per heavy atom. The summed E-state index contributed by atoms with van der Waals surface area (Å²) >= 11 is 2.43. The van der Waals surface area contributed by atoms with Crippen LogP contribution in [0.2, 0.25) is 6.04 Å². The molecule has 0 fully saturated rings. The van der Waals surface area contributed by atoms with E-state index >= 15 is 0 Å². The van der Waals surface area contributed by atoms with Crippen LogP contribution in [0.15, 0.2) is 42.5 Å². The van der Waals surface area contributed by atoms with Gasteiger partial charge in [-0.05, 0) is 54.3 Å². The highest BCUT2D eigenvalue weighted by molar-refractivity contribution is 14.1. The van der Waals surface area contributed by atoms with Gasteiger partial charge in [0.1, 0.15) is 18.5 Å². The van der Waals surface area contributed by atoms with Crippen molar-refractivity contribution in [1.29, 1.82) is 0 Å². The second-order valence-electron chi connectivity index (χ2n) is 4.79. The standard InChI is InChI=1S/C17H19IO2Si/c1-2-20-16-8-5-13(6-9-16)17-10-7-15(19)12-14(17)4-3-11-21-18/h5-10,12,19H,2-4,11H2,1H3. The lowest BCUT2D eigenvalue weighted by Gasteiger charge is -2.11. The Morgan fingerprint density at radius 1 is 1.14 bits per heavy atom. The maximum atomic E-state index is 9.74. The average Bonchev–Trinajstić information content (AvgIpc) is 2.49. The van der Waals surface area contributed by atoms with Crippen LogP contribution in [0, 0.1) is 0 Å². The first-order valence-corrected chi connectivity index (χ1v) is 11.5. The van der Waals surface area contributed by atoms with Crippen LogP contribution in [0.4, 0.5) is 0 Å². The van der Waals surface area contributed by atoms with Crippen LogP contribution in [0.3, 0.4) is 0 Å². The molecule has 2 rings (SSSR count). The molecule has 0 aliphatic carbocycles.